The fourth-order valence-corrected chi connectivity index (χ4v) is 1.87. The van der Waals surface area contributed by atoms with Gasteiger partial charge in [0, 0.05) is 31.4 Å². The van der Waals surface area contributed by atoms with E-state index >= 15 is 0 Å². The third kappa shape index (κ3) is 5.03. The summed E-state index contributed by atoms with van der Waals surface area (Å²) in [6.07, 6.45) is 5.12. The predicted molar refractivity (Wildman–Crippen MR) is 79.8 cm³/mol. The molecule has 0 unspecified atom stereocenters. The van der Waals surface area contributed by atoms with Gasteiger partial charge in [-0.05, 0) is 19.8 Å². The van der Waals surface area contributed by atoms with Crippen molar-refractivity contribution >= 4 is 11.8 Å². The lowest BCUT2D eigenvalue weighted by Gasteiger charge is -2.24. The normalized spacial score (nSPS) is 10.5. The van der Waals surface area contributed by atoms with E-state index in [2.05, 4.69) is 34.0 Å². The molecule has 19 heavy (non-hydrogen) atoms. The number of nitrogens with one attached hydrogen (secondary N) is 1. The van der Waals surface area contributed by atoms with E-state index < -0.39 is 0 Å². The molecule has 0 aliphatic heterocycles. The van der Waals surface area contributed by atoms with Gasteiger partial charge in [0.2, 0.25) is 5.95 Å². The lowest BCUT2D eigenvalue weighted by atomic mass is 10.2. The summed E-state index contributed by atoms with van der Waals surface area (Å²) in [4.78, 5) is 11.0. The number of aromatic nitrogens is 2. The first-order valence-corrected chi connectivity index (χ1v) is 7.16. The van der Waals surface area contributed by atoms with Gasteiger partial charge in [0.25, 0.3) is 0 Å². The Kier molecular flexibility index (Phi) is 7.18. The molecule has 0 aliphatic carbocycles. The van der Waals surface area contributed by atoms with E-state index in [0.29, 0.717) is 12.5 Å². The molecular formula is C14H26N4O. The van der Waals surface area contributed by atoms with Crippen LogP contribution in [-0.4, -0.2) is 41.3 Å². The second-order valence-electron chi connectivity index (χ2n) is 4.69. The molecule has 0 atom stereocenters. The van der Waals surface area contributed by atoms with Crippen molar-refractivity contribution in [1.82, 2.24) is 9.97 Å². The molecule has 5 heteroatoms. The number of unbranched alkanes of at least 4 members (excludes halogenated alkanes) is 1. The zero-order valence-corrected chi connectivity index (χ0v) is 12.3. The first-order valence-electron chi connectivity index (χ1n) is 7.16. The third-order valence-corrected chi connectivity index (χ3v) is 2.93. The van der Waals surface area contributed by atoms with Crippen LogP contribution in [0.25, 0.3) is 0 Å². The molecule has 0 fully saturated rings. The number of nitrogens with zero attached hydrogens (tertiary/aromatic N) is 3. The van der Waals surface area contributed by atoms with Crippen LogP contribution in [0.4, 0.5) is 11.8 Å². The molecule has 0 aliphatic rings. The molecule has 1 aromatic heterocycles. The molecule has 2 N–H and O–H groups in total. The summed E-state index contributed by atoms with van der Waals surface area (Å²) in [7, 11) is 0. The first-order chi connectivity index (χ1) is 9.22. The Hall–Kier alpha value is -1.36. The van der Waals surface area contributed by atoms with Crippen LogP contribution in [0.3, 0.4) is 0 Å². The van der Waals surface area contributed by atoms with Gasteiger partial charge in [-0.1, -0.05) is 20.3 Å². The Labute approximate surface area is 116 Å². The zero-order chi connectivity index (χ0) is 14.1. The Morgan fingerprint density at radius 1 is 1.26 bits per heavy atom. The second-order valence-corrected chi connectivity index (χ2v) is 4.69. The van der Waals surface area contributed by atoms with Crippen LogP contribution < -0.4 is 10.2 Å². The number of aliphatic hydroxyl groups is 1. The minimum atomic E-state index is 0.144. The molecule has 0 aromatic carbocycles. The topological polar surface area (TPSA) is 61.3 Å². The molecule has 0 spiro atoms. The van der Waals surface area contributed by atoms with E-state index in [0.717, 1.165) is 43.7 Å². The number of anilines is 2. The molecule has 1 aromatic rings. The van der Waals surface area contributed by atoms with Gasteiger partial charge in [-0.25, -0.2) is 4.98 Å². The predicted octanol–water partition coefficient (Wildman–Crippen LogP) is 2.21. The van der Waals surface area contributed by atoms with Gasteiger partial charge in [-0.15, -0.1) is 0 Å². The van der Waals surface area contributed by atoms with E-state index in [1.165, 1.54) is 0 Å². The Bertz CT molecular complexity index is 370. The minimum Gasteiger partial charge on any atom is -0.395 e. The Morgan fingerprint density at radius 2 is 2.05 bits per heavy atom. The van der Waals surface area contributed by atoms with Gasteiger partial charge in [-0.2, -0.15) is 4.98 Å². The van der Waals surface area contributed by atoms with E-state index in [9.17, 15) is 5.11 Å². The molecule has 108 valence electrons. The Balaban J connectivity index is 2.86. The molecule has 0 bridgehead atoms. The van der Waals surface area contributed by atoms with Gasteiger partial charge in [-0.3, -0.25) is 0 Å². The standard InChI is InChI=1S/C14H26N4O/c1-4-6-8-18(9-10-19)13-12(3)11-16-14(17-13)15-7-5-2/h11,19H,4-10H2,1-3H3,(H,15,16,17). The van der Waals surface area contributed by atoms with Crippen LogP contribution in [0.2, 0.25) is 0 Å². The highest BCUT2D eigenvalue weighted by atomic mass is 16.3. The van der Waals surface area contributed by atoms with Crippen molar-refractivity contribution in [1.29, 1.82) is 0 Å². The van der Waals surface area contributed by atoms with E-state index in [1.54, 1.807) is 0 Å². The smallest absolute Gasteiger partial charge is 0.224 e. The summed E-state index contributed by atoms with van der Waals surface area (Å²) in [5, 5.41) is 12.4. The summed E-state index contributed by atoms with van der Waals surface area (Å²) < 4.78 is 0. The van der Waals surface area contributed by atoms with Crippen LogP contribution in [0.1, 0.15) is 38.7 Å². The quantitative estimate of drug-likeness (QED) is 0.717. The average molecular weight is 266 g/mol. The van der Waals surface area contributed by atoms with Gasteiger partial charge < -0.3 is 15.3 Å². The lowest BCUT2D eigenvalue weighted by molar-refractivity contribution is 0.301. The highest BCUT2D eigenvalue weighted by molar-refractivity contribution is 5.48. The molecule has 5 nitrogen and oxygen atoms in total. The molecule has 0 saturated carbocycles. The number of hydrogen-bond donors (Lipinski definition) is 2. The number of aryl methyl sites for hydroxylation is 1. The van der Waals surface area contributed by atoms with Gasteiger partial charge in [0.15, 0.2) is 0 Å². The minimum absolute atomic E-state index is 0.144. The van der Waals surface area contributed by atoms with Crippen molar-refractivity contribution in [3.8, 4) is 0 Å². The van der Waals surface area contributed by atoms with Crippen LogP contribution in [0.15, 0.2) is 6.20 Å². The maximum atomic E-state index is 9.20. The van der Waals surface area contributed by atoms with Gasteiger partial charge >= 0.3 is 0 Å². The van der Waals surface area contributed by atoms with Crippen molar-refractivity contribution in [2.75, 3.05) is 36.5 Å². The number of hydrogen-bond acceptors (Lipinski definition) is 5. The summed E-state index contributed by atoms with van der Waals surface area (Å²) >= 11 is 0. The summed E-state index contributed by atoms with van der Waals surface area (Å²) in [6, 6.07) is 0. The maximum Gasteiger partial charge on any atom is 0.224 e. The van der Waals surface area contributed by atoms with Crippen LogP contribution in [-0.2, 0) is 0 Å². The molecule has 0 saturated heterocycles. The van der Waals surface area contributed by atoms with Crippen molar-refractivity contribution in [3.05, 3.63) is 11.8 Å². The summed E-state index contributed by atoms with van der Waals surface area (Å²) in [5.41, 5.74) is 1.05. The van der Waals surface area contributed by atoms with E-state index in [4.69, 9.17) is 0 Å². The van der Waals surface area contributed by atoms with Crippen molar-refractivity contribution in [3.63, 3.8) is 0 Å². The van der Waals surface area contributed by atoms with Crippen molar-refractivity contribution in [2.24, 2.45) is 0 Å². The molecule has 1 rings (SSSR count). The SMILES string of the molecule is CCCCN(CCO)c1nc(NCCC)ncc1C. The largest absolute Gasteiger partial charge is 0.395 e. The van der Waals surface area contributed by atoms with Crippen LogP contribution >= 0.6 is 0 Å². The van der Waals surface area contributed by atoms with Gasteiger partial charge in [0.05, 0.1) is 6.61 Å². The van der Waals surface area contributed by atoms with Crippen molar-refractivity contribution in [2.45, 2.75) is 40.0 Å². The molecule has 0 radical (unpaired) electrons. The number of aliphatic hydroxyl groups excluding tert-OH is 1. The Morgan fingerprint density at radius 3 is 2.68 bits per heavy atom. The third-order valence-electron chi connectivity index (χ3n) is 2.93. The zero-order valence-electron chi connectivity index (χ0n) is 12.3. The molecule has 1 heterocycles. The van der Waals surface area contributed by atoms with Crippen molar-refractivity contribution < 1.29 is 5.11 Å². The lowest BCUT2D eigenvalue weighted by Crippen LogP contribution is -2.29. The molecular weight excluding hydrogens is 240 g/mol. The van der Waals surface area contributed by atoms with E-state index in [1.807, 2.05) is 13.1 Å². The van der Waals surface area contributed by atoms with Crippen LogP contribution in [0, 0.1) is 6.92 Å². The van der Waals surface area contributed by atoms with Crippen LogP contribution in [0.5, 0.6) is 0 Å². The first kappa shape index (κ1) is 15.7. The fourth-order valence-electron chi connectivity index (χ4n) is 1.87. The van der Waals surface area contributed by atoms with Gasteiger partial charge in [0.1, 0.15) is 5.82 Å². The monoisotopic (exact) mass is 266 g/mol. The summed E-state index contributed by atoms with van der Waals surface area (Å²) in [6.45, 7) is 8.84. The maximum absolute atomic E-state index is 9.20. The number of rotatable bonds is 9. The average Bonchev–Trinajstić information content (AvgIpc) is 2.43. The molecule has 0 amide bonds. The second kappa shape index (κ2) is 8.69. The highest BCUT2D eigenvalue weighted by Crippen LogP contribution is 2.18. The highest BCUT2D eigenvalue weighted by Gasteiger charge is 2.11. The summed E-state index contributed by atoms with van der Waals surface area (Å²) in [5.74, 6) is 1.60. The van der Waals surface area contributed by atoms with E-state index in [-0.39, 0.29) is 6.61 Å². The fraction of sp³-hybridized carbons (Fsp3) is 0.714.